The number of aromatic nitrogens is 1. The molecule has 0 radical (unpaired) electrons. The van der Waals surface area contributed by atoms with Crippen molar-refractivity contribution in [2.45, 2.75) is 63.5 Å². The fourth-order valence-electron chi connectivity index (χ4n) is 3.95. The summed E-state index contributed by atoms with van der Waals surface area (Å²) in [4.78, 5) is 18.8. The maximum absolute atomic E-state index is 13.2. The largest absolute Gasteiger partial charge is 0.488 e. The van der Waals surface area contributed by atoms with E-state index in [4.69, 9.17) is 9.47 Å². The third-order valence-corrected chi connectivity index (χ3v) is 5.39. The number of nitrogens with zero attached hydrogens (tertiary/aromatic N) is 2. The van der Waals surface area contributed by atoms with Gasteiger partial charge in [0.05, 0.1) is 12.1 Å². The van der Waals surface area contributed by atoms with Crippen LogP contribution in [0.2, 0.25) is 0 Å². The highest BCUT2D eigenvalue weighted by molar-refractivity contribution is 5.68. The van der Waals surface area contributed by atoms with Gasteiger partial charge in [-0.1, -0.05) is 6.07 Å². The second-order valence-corrected chi connectivity index (χ2v) is 9.13. The minimum atomic E-state index is -0.867. The third-order valence-electron chi connectivity index (χ3n) is 5.39. The number of alkyl carbamates (subject to hydrolysis) is 1. The van der Waals surface area contributed by atoms with Crippen LogP contribution in [0.15, 0.2) is 48.7 Å². The Morgan fingerprint density at radius 3 is 2.59 bits per heavy atom. The predicted octanol–water partition coefficient (Wildman–Crippen LogP) is 3.17. The molecule has 1 aliphatic rings. The van der Waals surface area contributed by atoms with Gasteiger partial charge in [0.2, 0.25) is 0 Å². The van der Waals surface area contributed by atoms with E-state index in [0.717, 1.165) is 5.69 Å². The van der Waals surface area contributed by atoms with Gasteiger partial charge in [-0.25, -0.2) is 9.18 Å². The standard InChI is InChI=1S/C24H32FN3O4/c1-24(2,3)32-23(30)27-19-15-20(31-18-10-8-16(25)9-11-18)22(29)21(19)28(4)14-12-17-7-5-6-13-26-17/h5-11,13,19-22,29H,12,14-15H2,1-4H3,(H,27,30)/t19-,20-,21+,22+/m1/s1. The zero-order valence-corrected chi connectivity index (χ0v) is 19.0. The van der Waals surface area contributed by atoms with Crippen LogP contribution in [0, 0.1) is 5.82 Å². The second-order valence-electron chi connectivity index (χ2n) is 9.13. The summed E-state index contributed by atoms with van der Waals surface area (Å²) < 4.78 is 24.6. The minimum absolute atomic E-state index is 0.360. The molecule has 1 amide bonds. The van der Waals surface area contributed by atoms with E-state index < -0.39 is 29.9 Å². The molecule has 0 aliphatic heterocycles. The number of aliphatic hydroxyl groups excluding tert-OH is 1. The number of hydrogen-bond acceptors (Lipinski definition) is 6. The van der Waals surface area contributed by atoms with Crippen molar-refractivity contribution >= 4 is 6.09 Å². The van der Waals surface area contributed by atoms with E-state index >= 15 is 0 Å². The highest BCUT2D eigenvalue weighted by Gasteiger charge is 2.47. The number of pyridine rings is 1. The van der Waals surface area contributed by atoms with Crippen LogP contribution in [-0.4, -0.2) is 64.6 Å². The number of ether oxygens (including phenoxy) is 2. The molecule has 1 aromatic carbocycles. The van der Waals surface area contributed by atoms with Gasteiger partial charge in [-0.2, -0.15) is 0 Å². The lowest BCUT2D eigenvalue weighted by Gasteiger charge is -2.32. The Morgan fingerprint density at radius 2 is 1.97 bits per heavy atom. The van der Waals surface area contributed by atoms with E-state index in [9.17, 15) is 14.3 Å². The number of aliphatic hydroxyl groups is 1. The zero-order chi connectivity index (χ0) is 23.3. The van der Waals surface area contributed by atoms with E-state index in [2.05, 4.69) is 10.3 Å². The Balaban J connectivity index is 1.72. The van der Waals surface area contributed by atoms with Gasteiger partial charge < -0.3 is 19.9 Å². The molecule has 174 valence electrons. The van der Waals surface area contributed by atoms with Gasteiger partial charge in [-0.3, -0.25) is 9.88 Å². The summed E-state index contributed by atoms with van der Waals surface area (Å²) in [6.45, 7) is 6.03. The van der Waals surface area contributed by atoms with Crippen molar-refractivity contribution in [3.63, 3.8) is 0 Å². The first-order chi connectivity index (χ1) is 15.1. The fourth-order valence-corrected chi connectivity index (χ4v) is 3.95. The maximum Gasteiger partial charge on any atom is 0.407 e. The molecular weight excluding hydrogens is 413 g/mol. The Hall–Kier alpha value is -2.71. The van der Waals surface area contributed by atoms with Crippen LogP contribution >= 0.6 is 0 Å². The summed E-state index contributed by atoms with van der Waals surface area (Å²) in [6.07, 6.45) is 0.857. The first kappa shape index (κ1) is 23.9. The van der Waals surface area contributed by atoms with E-state index in [1.54, 1.807) is 27.0 Å². The molecule has 1 aliphatic carbocycles. The van der Waals surface area contributed by atoms with Gasteiger partial charge >= 0.3 is 6.09 Å². The molecule has 0 spiro atoms. The van der Waals surface area contributed by atoms with Crippen LogP contribution in [0.1, 0.15) is 32.9 Å². The van der Waals surface area contributed by atoms with E-state index in [-0.39, 0.29) is 11.9 Å². The summed E-state index contributed by atoms with van der Waals surface area (Å²) in [7, 11) is 1.90. The van der Waals surface area contributed by atoms with Gasteiger partial charge in [-0.05, 0) is 64.2 Å². The number of likely N-dealkylation sites (N-methyl/N-ethyl adjacent to an activating group) is 1. The Bertz CT molecular complexity index is 873. The molecule has 8 heteroatoms. The van der Waals surface area contributed by atoms with Gasteiger partial charge in [-0.15, -0.1) is 0 Å². The molecule has 32 heavy (non-hydrogen) atoms. The van der Waals surface area contributed by atoms with Crippen molar-refractivity contribution in [2.24, 2.45) is 0 Å². The number of nitrogens with one attached hydrogen (secondary N) is 1. The quantitative estimate of drug-likeness (QED) is 0.681. The summed E-state index contributed by atoms with van der Waals surface area (Å²) in [5, 5.41) is 14.0. The predicted molar refractivity (Wildman–Crippen MR) is 119 cm³/mol. The highest BCUT2D eigenvalue weighted by Crippen LogP contribution is 2.29. The number of halogens is 1. The molecule has 1 aromatic heterocycles. The number of amides is 1. The zero-order valence-electron chi connectivity index (χ0n) is 19.0. The molecule has 1 fully saturated rings. The average molecular weight is 446 g/mol. The van der Waals surface area contributed by atoms with Crippen molar-refractivity contribution in [3.8, 4) is 5.75 Å². The van der Waals surface area contributed by atoms with Gasteiger partial charge in [0.1, 0.15) is 29.4 Å². The third kappa shape index (κ3) is 6.64. The number of rotatable bonds is 7. The molecular formula is C24H32FN3O4. The fraction of sp³-hybridized carbons (Fsp3) is 0.500. The molecule has 2 N–H and O–H groups in total. The maximum atomic E-state index is 13.2. The monoisotopic (exact) mass is 445 g/mol. The Morgan fingerprint density at radius 1 is 1.25 bits per heavy atom. The van der Waals surface area contributed by atoms with Crippen molar-refractivity contribution in [1.29, 1.82) is 0 Å². The number of carbonyl (C=O) groups is 1. The van der Waals surface area contributed by atoms with Crippen LogP contribution in [-0.2, 0) is 11.2 Å². The lowest BCUT2D eigenvalue weighted by atomic mass is 10.1. The lowest BCUT2D eigenvalue weighted by molar-refractivity contribution is 0.0131. The summed E-state index contributed by atoms with van der Waals surface area (Å²) in [6, 6.07) is 10.6. The van der Waals surface area contributed by atoms with Crippen LogP contribution in [0.3, 0.4) is 0 Å². The number of carbonyl (C=O) groups excluding carboxylic acids is 1. The van der Waals surface area contributed by atoms with Crippen molar-refractivity contribution < 1.29 is 23.8 Å². The van der Waals surface area contributed by atoms with Crippen LogP contribution in [0.25, 0.3) is 0 Å². The molecule has 0 bridgehead atoms. The Kier molecular flexibility index (Phi) is 7.69. The van der Waals surface area contributed by atoms with Crippen molar-refractivity contribution in [1.82, 2.24) is 15.2 Å². The van der Waals surface area contributed by atoms with E-state index in [1.807, 2.05) is 30.1 Å². The molecule has 0 unspecified atom stereocenters. The lowest BCUT2D eigenvalue weighted by Crippen LogP contribution is -2.53. The molecule has 0 saturated heterocycles. The van der Waals surface area contributed by atoms with Gasteiger partial charge in [0.15, 0.2) is 0 Å². The average Bonchev–Trinajstić information content (AvgIpc) is 3.02. The van der Waals surface area contributed by atoms with Crippen LogP contribution in [0.4, 0.5) is 9.18 Å². The van der Waals surface area contributed by atoms with E-state index in [1.165, 1.54) is 24.3 Å². The normalized spacial score (nSPS) is 23.2. The van der Waals surface area contributed by atoms with Gasteiger partial charge in [0.25, 0.3) is 0 Å². The highest BCUT2D eigenvalue weighted by atomic mass is 19.1. The molecule has 1 saturated carbocycles. The van der Waals surface area contributed by atoms with Gasteiger partial charge in [0, 0.05) is 31.3 Å². The SMILES string of the molecule is CN(CCc1ccccn1)[C@@H]1[C@@H](O)[C@H](Oc2ccc(F)cc2)C[C@H]1NC(=O)OC(C)(C)C. The van der Waals surface area contributed by atoms with Crippen LogP contribution < -0.4 is 10.1 Å². The molecule has 3 rings (SSSR count). The molecule has 2 aromatic rings. The number of benzene rings is 1. The van der Waals surface area contributed by atoms with Crippen LogP contribution in [0.5, 0.6) is 5.75 Å². The topological polar surface area (TPSA) is 83.9 Å². The Labute approximate surface area is 188 Å². The first-order valence-corrected chi connectivity index (χ1v) is 10.8. The first-order valence-electron chi connectivity index (χ1n) is 10.8. The minimum Gasteiger partial charge on any atom is -0.488 e. The number of hydrogen-bond donors (Lipinski definition) is 2. The van der Waals surface area contributed by atoms with E-state index in [0.29, 0.717) is 25.1 Å². The smallest absolute Gasteiger partial charge is 0.407 e. The van der Waals surface area contributed by atoms with Crippen molar-refractivity contribution in [2.75, 3.05) is 13.6 Å². The molecule has 4 atom stereocenters. The van der Waals surface area contributed by atoms with Crippen molar-refractivity contribution in [3.05, 3.63) is 60.2 Å². The molecule has 1 heterocycles. The summed E-state index contributed by atoms with van der Waals surface area (Å²) in [5.74, 6) is 0.101. The molecule has 7 nitrogen and oxygen atoms in total. The summed E-state index contributed by atoms with van der Waals surface area (Å²) >= 11 is 0. The summed E-state index contributed by atoms with van der Waals surface area (Å²) in [5.41, 5.74) is 0.314. The second kappa shape index (κ2) is 10.3.